The van der Waals surface area contributed by atoms with Crippen LogP contribution in [-0.4, -0.2) is 59.2 Å². The van der Waals surface area contributed by atoms with Crippen molar-refractivity contribution >= 4 is 5.78 Å². The minimum Gasteiger partial charge on any atom is -0.494 e. The van der Waals surface area contributed by atoms with Gasteiger partial charge >= 0.3 is 0 Å². The van der Waals surface area contributed by atoms with Gasteiger partial charge in [0.25, 0.3) is 0 Å². The standard InChI is InChI=1S/C30H36FN3O3/c1-20(2)14-26(35)16-33-17-28(32-30(33)23-8-11-27(31)29(15-23)36-3)22-6-4-21(5-7-22)12-13-34-24-9-10-25(34)19-37-18-24/h4-8,11,15,17,20,24-25H,9-10,12-14,16,18-19H2,1-3H3. The number of ketones is 1. The molecule has 0 saturated carbocycles. The molecule has 0 aliphatic carbocycles. The summed E-state index contributed by atoms with van der Waals surface area (Å²) in [5.41, 5.74) is 3.78. The van der Waals surface area contributed by atoms with Gasteiger partial charge in [-0.05, 0) is 48.9 Å². The number of carbonyl (C=O) groups is 1. The number of imidazole rings is 1. The molecule has 0 amide bonds. The first kappa shape index (κ1) is 25.6. The van der Waals surface area contributed by atoms with E-state index in [1.54, 1.807) is 12.1 Å². The van der Waals surface area contributed by atoms with Crippen LogP contribution in [0.25, 0.3) is 22.6 Å². The fourth-order valence-electron chi connectivity index (χ4n) is 5.59. The molecule has 6 nitrogen and oxygen atoms in total. The third-order valence-corrected chi connectivity index (χ3v) is 7.47. The number of nitrogens with zero attached hydrogens (tertiary/aromatic N) is 3. The predicted octanol–water partition coefficient (Wildman–Crippen LogP) is 5.39. The number of rotatable bonds is 10. The molecule has 2 aliphatic heterocycles. The topological polar surface area (TPSA) is 56.6 Å². The summed E-state index contributed by atoms with van der Waals surface area (Å²) in [5, 5.41) is 0. The Morgan fingerprint density at radius 1 is 1.11 bits per heavy atom. The van der Waals surface area contributed by atoms with Gasteiger partial charge in [0.1, 0.15) is 5.82 Å². The summed E-state index contributed by atoms with van der Waals surface area (Å²) >= 11 is 0. The number of hydrogen-bond acceptors (Lipinski definition) is 5. The first-order valence-corrected chi connectivity index (χ1v) is 13.3. The predicted molar refractivity (Wildman–Crippen MR) is 142 cm³/mol. The largest absolute Gasteiger partial charge is 0.494 e. The van der Waals surface area contributed by atoms with Crippen molar-refractivity contribution < 1.29 is 18.7 Å². The number of fused-ring (bicyclic) bond motifs is 2. The SMILES string of the molecule is COc1cc(-c2nc(-c3ccc(CCN4C5CCC4COC5)cc3)cn2CC(=O)CC(C)C)ccc1F. The Kier molecular flexibility index (Phi) is 7.72. The summed E-state index contributed by atoms with van der Waals surface area (Å²) < 4.78 is 26.8. The maximum Gasteiger partial charge on any atom is 0.165 e. The summed E-state index contributed by atoms with van der Waals surface area (Å²) in [6.45, 7) is 7.07. The van der Waals surface area contributed by atoms with Gasteiger partial charge in [-0.2, -0.15) is 0 Å². The Bertz CT molecular complexity index is 1220. The summed E-state index contributed by atoms with van der Waals surface area (Å²) in [4.78, 5) is 20.2. The average molecular weight is 506 g/mol. The molecule has 37 heavy (non-hydrogen) atoms. The molecule has 3 aromatic rings. The molecule has 5 rings (SSSR count). The second kappa shape index (κ2) is 11.2. The highest BCUT2D eigenvalue weighted by Crippen LogP contribution is 2.31. The van der Waals surface area contributed by atoms with Crippen LogP contribution in [0.3, 0.4) is 0 Å². The molecule has 2 fully saturated rings. The third kappa shape index (κ3) is 5.78. The van der Waals surface area contributed by atoms with E-state index >= 15 is 0 Å². The van der Waals surface area contributed by atoms with Crippen LogP contribution in [0.5, 0.6) is 5.75 Å². The van der Waals surface area contributed by atoms with E-state index in [1.807, 2.05) is 24.6 Å². The summed E-state index contributed by atoms with van der Waals surface area (Å²) in [7, 11) is 1.44. The molecule has 2 atom stereocenters. The van der Waals surface area contributed by atoms with Gasteiger partial charge in [0.2, 0.25) is 0 Å². The molecule has 2 aliphatic rings. The Balaban J connectivity index is 1.36. The van der Waals surface area contributed by atoms with Crippen molar-refractivity contribution in [2.24, 2.45) is 5.92 Å². The highest BCUT2D eigenvalue weighted by atomic mass is 19.1. The second-order valence-corrected chi connectivity index (χ2v) is 10.7. The Hall–Kier alpha value is -3.03. The minimum atomic E-state index is -0.430. The fourth-order valence-corrected chi connectivity index (χ4v) is 5.59. The van der Waals surface area contributed by atoms with E-state index in [0.717, 1.165) is 37.4 Å². The van der Waals surface area contributed by atoms with Gasteiger partial charge in [-0.3, -0.25) is 9.69 Å². The average Bonchev–Trinajstić information content (AvgIpc) is 3.38. The van der Waals surface area contributed by atoms with Crippen molar-refractivity contribution in [2.45, 2.75) is 58.2 Å². The van der Waals surface area contributed by atoms with E-state index < -0.39 is 5.82 Å². The van der Waals surface area contributed by atoms with Crippen LogP contribution in [0.15, 0.2) is 48.7 Å². The van der Waals surface area contributed by atoms with Crippen molar-refractivity contribution in [3.8, 4) is 28.4 Å². The molecule has 196 valence electrons. The zero-order valence-electron chi connectivity index (χ0n) is 22.0. The molecule has 2 unspecified atom stereocenters. The Labute approximate surface area is 218 Å². The van der Waals surface area contributed by atoms with Gasteiger partial charge in [0.05, 0.1) is 32.6 Å². The van der Waals surface area contributed by atoms with E-state index in [9.17, 15) is 9.18 Å². The van der Waals surface area contributed by atoms with E-state index in [2.05, 4.69) is 29.2 Å². The lowest BCUT2D eigenvalue weighted by Gasteiger charge is -2.34. The number of Topliss-reactive ketones (excluding diaryl/α,β-unsaturated/α-hetero) is 1. The maximum atomic E-state index is 14.1. The number of aromatic nitrogens is 2. The minimum absolute atomic E-state index is 0.140. The van der Waals surface area contributed by atoms with Crippen molar-refractivity contribution in [1.29, 1.82) is 0 Å². The number of halogens is 1. The summed E-state index contributed by atoms with van der Waals surface area (Å²) in [5.74, 6) is 0.769. The van der Waals surface area contributed by atoms with Gasteiger partial charge < -0.3 is 14.0 Å². The van der Waals surface area contributed by atoms with Gasteiger partial charge in [-0.15, -0.1) is 0 Å². The fraction of sp³-hybridized carbons (Fsp3) is 0.467. The zero-order chi connectivity index (χ0) is 25.9. The van der Waals surface area contributed by atoms with E-state index in [1.165, 1.54) is 31.6 Å². The zero-order valence-corrected chi connectivity index (χ0v) is 22.0. The van der Waals surface area contributed by atoms with Crippen LogP contribution in [-0.2, 0) is 22.5 Å². The van der Waals surface area contributed by atoms with E-state index in [4.69, 9.17) is 14.5 Å². The highest BCUT2D eigenvalue weighted by Gasteiger charge is 2.36. The van der Waals surface area contributed by atoms with Crippen LogP contribution in [0.4, 0.5) is 4.39 Å². The summed E-state index contributed by atoms with van der Waals surface area (Å²) in [6.07, 6.45) is 5.91. The van der Waals surface area contributed by atoms with E-state index in [-0.39, 0.29) is 24.0 Å². The number of benzene rings is 2. The van der Waals surface area contributed by atoms with Gasteiger partial charge in [-0.1, -0.05) is 38.1 Å². The molecule has 1 aromatic heterocycles. The van der Waals surface area contributed by atoms with E-state index in [0.29, 0.717) is 29.9 Å². The first-order chi connectivity index (χ1) is 17.9. The number of morpholine rings is 1. The molecule has 0 radical (unpaired) electrons. The second-order valence-electron chi connectivity index (χ2n) is 10.7. The molecule has 7 heteroatoms. The molecule has 2 aromatic carbocycles. The molecule has 2 bridgehead atoms. The van der Waals surface area contributed by atoms with Crippen LogP contribution in [0.1, 0.15) is 38.7 Å². The molecular weight excluding hydrogens is 469 g/mol. The lowest BCUT2D eigenvalue weighted by molar-refractivity contribution is -0.120. The van der Waals surface area contributed by atoms with Gasteiger partial charge in [-0.25, -0.2) is 9.37 Å². The van der Waals surface area contributed by atoms with Crippen molar-refractivity contribution in [1.82, 2.24) is 14.5 Å². The Morgan fingerprint density at radius 3 is 2.49 bits per heavy atom. The number of carbonyl (C=O) groups excluding carboxylic acids is 1. The Morgan fingerprint density at radius 2 is 1.81 bits per heavy atom. The first-order valence-electron chi connectivity index (χ1n) is 13.3. The number of methoxy groups -OCH3 is 1. The lowest BCUT2D eigenvalue weighted by atomic mass is 10.1. The maximum absolute atomic E-state index is 14.1. The van der Waals surface area contributed by atoms with Crippen molar-refractivity contribution in [3.05, 3.63) is 60.0 Å². The smallest absolute Gasteiger partial charge is 0.165 e. The summed E-state index contributed by atoms with van der Waals surface area (Å²) in [6, 6.07) is 14.4. The highest BCUT2D eigenvalue weighted by molar-refractivity contribution is 5.79. The van der Waals surface area contributed by atoms with Crippen LogP contribution < -0.4 is 4.74 Å². The molecule has 3 heterocycles. The van der Waals surface area contributed by atoms with Gasteiger partial charge in [0.15, 0.2) is 17.3 Å². The van der Waals surface area contributed by atoms with Crippen LogP contribution in [0, 0.1) is 11.7 Å². The lowest BCUT2D eigenvalue weighted by Crippen LogP contribution is -2.46. The molecule has 2 saturated heterocycles. The number of hydrogen-bond donors (Lipinski definition) is 0. The van der Waals surface area contributed by atoms with Crippen LogP contribution in [0.2, 0.25) is 0 Å². The quantitative estimate of drug-likeness (QED) is 0.370. The molecule has 0 spiro atoms. The molecule has 0 N–H and O–H groups in total. The van der Waals surface area contributed by atoms with Crippen molar-refractivity contribution in [2.75, 3.05) is 26.9 Å². The monoisotopic (exact) mass is 505 g/mol. The molecular formula is C30H36FN3O3. The van der Waals surface area contributed by atoms with Gasteiger partial charge in [0, 0.05) is 42.4 Å². The van der Waals surface area contributed by atoms with Crippen molar-refractivity contribution in [3.63, 3.8) is 0 Å². The third-order valence-electron chi connectivity index (χ3n) is 7.47. The van der Waals surface area contributed by atoms with Crippen LogP contribution >= 0.6 is 0 Å². The normalized spacial score (nSPS) is 19.5. The number of ether oxygens (including phenoxy) is 2.